The van der Waals surface area contributed by atoms with Gasteiger partial charge in [0.15, 0.2) is 0 Å². The highest BCUT2D eigenvalue weighted by Gasteiger charge is 2.48. The molecule has 0 unspecified atom stereocenters. The Labute approximate surface area is 183 Å². The Kier molecular flexibility index (Phi) is 6.07. The summed E-state index contributed by atoms with van der Waals surface area (Å²) >= 11 is 0. The van der Waals surface area contributed by atoms with Crippen molar-refractivity contribution < 1.29 is 28.3 Å². The van der Waals surface area contributed by atoms with E-state index in [0.717, 1.165) is 0 Å². The van der Waals surface area contributed by atoms with Gasteiger partial charge in [-0.15, -0.1) is 0 Å². The minimum Gasteiger partial charge on any atom is -0.465 e. The van der Waals surface area contributed by atoms with E-state index in [1.807, 2.05) is 0 Å². The summed E-state index contributed by atoms with van der Waals surface area (Å²) in [4.78, 5) is 42.0. The van der Waals surface area contributed by atoms with Gasteiger partial charge < -0.3 is 14.9 Å². The van der Waals surface area contributed by atoms with Crippen LogP contribution >= 0.6 is 0 Å². The fourth-order valence-electron chi connectivity index (χ4n) is 4.41. The predicted octanol–water partition coefficient (Wildman–Crippen LogP) is 2.50. The lowest BCUT2D eigenvalue weighted by Crippen LogP contribution is -2.71. The maximum Gasteiger partial charge on any atom is 0.409 e. The molecule has 2 aromatic carbocycles. The van der Waals surface area contributed by atoms with Crippen LogP contribution in [0.3, 0.4) is 0 Å². The first kappa shape index (κ1) is 21.7. The molecule has 0 spiro atoms. The fraction of sp³-hybridized carbons (Fsp3) is 0.348. The maximum absolute atomic E-state index is 13.5. The number of halogens is 2. The van der Waals surface area contributed by atoms with Gasteiger partial charge in [0, 0.05) is 25.9 Å². The monoisotopic (exact) mass is 443 g/mol. The van der Waals surface area contributed by atoms with Gasteiger partial charge in [0.25, 0.3) is 0 Å². The summed E-state index contributed by atoms with van der Waals surface area (Å²) in [6, 6.07) is 10.8. The number of piperazine rings is 1. The van der Waals surface area contributed by atoms with Crippen molar-refractivity contribution in [2.24, 2.45) is 0 Å². The van der Waals surface area contributed by atoms with Crippen molar-refractivity contribution in [2.45, 2.75) is 31.5 Å². The first-order chi connectivity index (χ1) is 15.3. The van der Waals surface area contributed by atoms with Crippen molar-refractivity contribution >= 4 is 17.9 Å². The summed E-state index contributed by atoms with van der Waals surface area (Å²) in [5.41, 5.74) is 1.38. The van der Waals surface area contributed by atoms with Gasteiger partial charge in [0.1, 0.15) is 23.8 Å². The molecule has 9 heteroatoms. The topological polar surface area (TPSA) is 81.2 Å². The van der Waals surface area contributed by atoms with E-state index in [9.17, 15) is 28.3 Å². The Hall–Kier alpha value is -3.49. The number of hydrogen-bond acceptors (Lipinski definition) is 3. The number of rotatable bonds is 5. The predicted molar refractivity (Wildman–Crippen MR) is 111 cm³/mol. The molecule has 0 radical (unpaired) electrons. The van der Waals surface area contributed by atoms with E-state index in [1.165, 1.54) is 39.0 Å². The number of benzene rings is 2. The summed E-state index contributed by atoms with van der Waals surface area (Å²) in [5.74, 6) is -1.37. The lowest BCUT2D eigenvalue weighted by Gasteiger charge is -2.51. The summed E-state index contributed by atoms with van der Waals surface area (Å²) in [7, 11) is 0. The molecule has 2 atom stereocenters. The van der Waals surface area contributed by atoms with Gasteiger partial charge in [0.2, 0.25) is 11.8 Å². The molecule has 0 bridgehead atoms. The van der Waals surface area contributed by atoms with Crippen LogP contribution in [-0.4, -0.2) is 69.6 Å². The lowest BCUT2D eigenvalue weighted by molar-refractivity contribution is -0.167. The highest BCUT2D eigenvalue weighted by Crippen LogP contribution is 2.28. The summed E-state index contributed by atoms with van der Waals surface area (Å²) in [6.45, 7) is 0.366. The van der Waals surface area contributed by atoms with Crippen LogP contribution < -0.4 is 0 Å². The quantitative estimate of drug-likeness (QED) is 0.770. The molecule has 4 rings (SSSR count). The van der Waals surface area contributed by atoms with Crippen LogP contribution in [0, 0.1) is 11.6 Å². The lowest BCUT2D eigenvalue weighted by atomic mass is 9.97. The number of hydrogen-bond donors (Lipinski definition) is 1. The number of carbonyl (C=O) groups is 3. The summed E-state index contributed by atoms with van der Waals surface area (Å²) < 4.78 is 26.8. The van der Waals surface area contributed by atoms with Gasteiger partial charge in [0.05, 0.1) is 6.54 Å². The third-order valence-corrected chi connectivity index (χ3v) is 6.00. The molecular formula is C23H23F2N3O4. The van der Waals surface area contributed by atoms with Crippen molar-refractivity contribution in [3.05, 3.63) is 71.3 Å². The number of carboxylic acid groups (broad SMARTS) is 1. The molecule has 2 aliphatic rings. The fourth-order valence-corrected chi connectivity index (χ4v) is 4.41. The van der Waals surface area contributed by atoms with Crippen LogP contribution in [0.4, 0.5) is 13.6 Å². The second-order valence-electron chi connectivity index (χ2n) is 8.02. The normalized spacial score (nSPS) is 21.0. The van der Waals surface area contributed by atoms with Gasteiger partial charge in [-0.2, -0.15) is 0 Å². The zero-order valence-corrected chi connectivity index (χ0v) is 17.3. The van der Waals surface area contributed by atoms with Crippen molar-refractivity contribution in [3.8, 4) is 0 Å². The molecule has 2 fully saturated rings. The maximum atomic E-state index is 13.5. The van der Waals surface area contributed by atoms with E-state index < -0.39 is 24.1 Å². The summed E-state index contributed by atoms with van der Waals surface area (Å²) in [6.07, 6.45) is -1.43. The van der Waals surface area contributed by atoms with Gasteiger partial charge in [-0.1, -0.05) is 24.3 Å². The molecule has 2 aromatic rings. The van der Waals surface area contributed by atoms with Crippen LogP contribution in [0.15, 0.2) is 48.5 Å². The van der Waals surface area contributed by atoms with Gasteiger partial charge in [-0.3, -0.25) is 14.5 Å². The van der Waals surface area contributed by atoms with Gasteiger partial charge in [-0.25, -0.2) is 13.6 Å². The highest BCUT2D eigenvalue weighted by molar-refractivity contribution is 5.90. The van der Waals surface area contributed by atoms with E-state index in [1.54, 1.807) is 24.3 Å². The highest BCUT2D eigenvalue weighted by atomic mass is 19.1. The molecule has 32 heavy (non-hydrogen) atoms. The number of fused-ring (bicyclic) bond motifs is 1. The Bertz CT molecular complexity index is 1030. The van der Waals surface area contributed by atoms with Crippen molar-refractivity contribution in [1.82, 2.24) is 14.7 Å². The average molecular weight is 443 g/mol. The molecular weight excluding hydrogens is 420 g/mol. The van der Waals surface area contributed by atoms with Gasteiger partial charge >= 0.3 is 6.09 Å². The first-order valence-electron chi connectivity index (χ1n) is 10.4. The zero-order chi connectivity index (χ0) is 22.8. The van der Waals surface area contributed by atoms with Gasteiger partial charge in [-0.05, 0) is 41.8 Å². The van der Waals surface area contributed by atoms with Crippen LogP contribution in [0.2, 0.25) is 0 Å². The van der Waals surface area contributed by atoms with Crippen LogP contribution in [0.25, 0.3) is 0 Å². The molecule has 3 amide bonds. The first-order valence-corrected chi connectivity index (χ1v) is 10.4. The van der Waals surface area contributed by atoms with Crippen molar-refractivity contribution in [3.63, 3.8) is 0 Å². The Morgan fingerprint density at radius 2 is 1.78 bits per heavy atom. The van der Waals surface area contributed by atoms with E-state index >= 15 is 0 Å². The molecule has 2 aliphatic heterocycles. The Morgan fingerprint density at radius 1 is 1.03 bits per heavy atom. The second-order valence-corrected chi connectivity index (χ2v) is 8.02. The Morgan fingerprint density at radius 3 is 2.47 bits per heavy atom. The molecule has 168 valence electrons. The molecule has 2 heterocycles. The third-order valence-electron chi connectivity index (χ3n) is 6.00. The third kappa shape index (κ3) is 4.42. The molecule has 0 aliphatic carbocycles. The van der Waals surface area contributed by atoms with E-state index in [4.69, 9.17) is 0 Å². The van der Waals surface area contributed by atoms with Crippen LogP contribution in [0.1, 0.15) is 17.5 Å². The molecule has 1 N–H and O–H groups in total. The molecule has 2 saturated heterocycles. The number of nitrogens with zero attached hydrogens (tertiary/aromatic N) is 3. The number of amides is 3. The molecule has 0 saturated carbocycles. The second kappa shape index (κ2) is 8.94. The number of carbonyl (C=O) groups excluding carboxylic acids is 2. The Balaban J connectivity index is 1.61. The van der Waals surface area contributed by atoms with E-state index in [-0.39, 0.29) is 50.1 Å². The largest absolute Gasteiger partial charge is 0.465 e. The smallest absolute Gasteiger partial charge is 0.409 e. The van der Waals surface area contributed by atoms with Crippen LogP contribution in [-0.2, 0) is 22.4 Å². The standard InChI is InChI=1S/C23H23F2N3O4/c24-17-6-4-16(5-7-17)13-19-22(30)26(10-8-15-2-1-3-18(25)12-15)14-20-27(23(31)32)11-9-21(29)28(19)20/h1-7,12,19-20H,8-11,13-14H2,(H,31,32)/t19-,20+/m0/s1. The minimum atomic E-state index is -1.16. The van der Waals surface area contributed by atoms with E-state index in [0.29, 0.717) is 17.5 Å². The minimum absolute atomic E-state index is 0.000704. The summed E-state index contributed by atoms with van der Waals surface area (Å²) in [5, 5.41) is 9.66. The zero-order valence-electron chi connectivity index (χ0n) is 17.3. The average Bonchev–Trinajstić information content (AvgIpc) is 2.76. The van der Waals surface area contributed by atoms with Crippen LogP contribution in [0.5, 0.6) is 0 Å². The van der Waals surface area contributed by atoms with E-state index in [2.05, 4.69) is 0 Å². The molecule has 0 aromatic heterocycles. The molecule has 7 nitrogen and oxygen atoms in total. The van der Waals surface area contributed by atoms with Crippen molar-refractivity contribution in [2.75, 3.05) is 19.6 Å². The van der Waals surface area contributed by atoms with Crippen molar-refractivity contribution in [1.29, 1.82) is 0 Å². The SMILES string of the molecule is O=C1[C@H](Cc2ccc(F)cc2)N2C(=O)CCN(C(=O)O)[C@H]2CN1CCc1cccc(F)c1.